The van der Waals surface area contributed by atoms with Gasteiger partial charge in [0.05, 0.1) is 24.8 Å². The number of nitrogens with zero attached hydrogens (tertiary/aromatic N) is 1. The molecule has 1 N–H and O–H groups in total. The van der Waals surface area contributed by atoms with Gasteiger partial charge in [-0.15, -0.1) is 0 Å². The zero-order valence-electron chi connectivity index (χ0n) is 16.3. The highest BCUT2D eigenvalue weighted by atomic mass is 35.5. The Morgan fingerprint density at radius 1 is 1.22 bits per heavy atom. The lowest BCUT2D eigenvalue weighted by Gasteiger charge is -2.25. The first-order chi connectivity index (χ1) is 13.0. The molecule has 0 aliphatic carbocycles. The summed E-state index contributed by atoms with van der Waals surface area (Å²) in [5.41, 5.74) is 1.58. The highest BCUT2D eigenvalue weighted by Gasteiger charge is 2.18. The maximum absolute atomic E-state index is 12.7. The van der Waals surface area contributed by atoms with Gasteiger partial charge in [0.15, 0.2) is 11.5 Å². The van der Waals surface area contributed by atoms with Crippen LogP contribution < -0.4 is 14.8 Å². The molecule has 0 aliphatic heterocycles. The Balaban J connectivity index is 2.14. The van der Waals surface area contributed by atoms with Crippen molar-refractivity contribution in [2.45, 2.75) is 19.4 Å². The van der Waals surface area contributed by atoms with Crippen LogP contribution in [0.1, 0.15) is 35.3 Å². The van der Waals surface area contributed by atoms with E-state index in [1.165, 1.54) is 7.11 Å². The molecular formula is C21H27ClN2O3. The zero-order chi connectivity index (χ0) is 19.8. The third kappa shape index (κ3) is 5.62. The molecule has 0 aromatic heterocycles. The minimum atomic E-state index is -0.208. The number of rotatable bonds is 9. The number of benzene rings is 2. The monoisotopic (exact) mass is 390 g/mol. The van der Waals surface area contributed by atoms with E-state index in [1.54, 1.807) is 12.1 Å². The van der Waals surface area contributed by atoms with Crippen molar-refractivity contribution < 1.29 is 14.3 Å². The third-order valence-corrected chi connectivity index (χ3v) is 4.49. The van der Waals surface area contributed by atoms with Crippen molar-refractivity contribution in [1.29, 1.82) is 0 Å². The minimum absolute atomic E-state index is 0.0691. The summed E-state index contributed by atoms with van der Waals surface area (Å²) in [5.74, 6) is 0.710. The number of hydrogen-bond acceptors (Lipinski definition) is 4. The number of nitrogens with one attached hydrogen (secondary N) is 1. The van der Waals surface area contributed by atoms with E-state index in [9.17, 15) is 4.79 Å². The number of methoxy groups -OCH3 is 1. The van der Waals surface area contributed by atoms with Gasteiger partial charge in [-0.25, -0.2) is 0 Å². The molecule has 1 unspecified atom stereocenters. The van der Waals surface area contributed by atoms with Crippen molar-refractivity contribution in [1.82, 2.24) is 10.2 Å². The van der Waals surface area contributed by atoms with Gasteiger partial charge in [-0.3, -0.25) is 4.79 Å². The molecule has 2 rings (SSSR count). The molecule has 1 amide bonds. The van der Waals surface area contributed by atoms with Crippen LogP contribution in [0.25, 0.3) is 0 Å². The van der Waals surface area contributed by atoms with Crippen LogP contribution in [0.3, 0.4) is 0 Å². The largest absolute Gasteiger partial charge is 0.493 e. The molecule has 5 nitrogen and oxygen atoms in total. The van der Waals surface area contributed by atoms with Gasteiger partial charge in [0.25, 0.3) is 5.91 Å². The maximum atomic E-state index is 12.7. The quantitative estimate of drug-likeness (QED) is 0.698. The van der Waals surface area contributed by atoms with Crippen LogP contribution in [0.4, 0.5) is 0 Å². The topological polar surface area (TPSA) is 50.8 Å². The normalized spacial score (nSPS) is 11.9. The predicted octanol–water partition coefficient (Wildman–Crippen LogP) is 4.17. The van der Waals surface area contributed by atoms with E-state index in [0.717, 1.165) is 12.0 Å². The van der Waals surface area contributed by atoms with Gasteiger partial charge < -0.3 is 19.7 Å². The van der Waals surface area contributed by atoms with Crippen LogP contribution in [0.5, 0.6) is 11.5 Å². The Kier molecular flexibility index (Phi) is 7.95. The van der Waals surface area contributed by atoms with Crippen LogP contribution in [0, 0.1) is 0 Å². The Labute approximate surface area is 166 Å². The van der Waals surface area contributed by atoms with Gasteiger partial charge in [0.1, 0.15) is 0 Å². The lowest BCUT2D eigenvalue weighted by Crippen LogP contribution is -2.34. The van der Waals surface area contributed by atoms with Crippen LogP contribution >= 0.6 is 11.6 Å². The number of carbonyl (C=O) groups is 1. The summed E-state index contributed by atoms with van der Waals surface area (Å²) in [6.07, 6.45) is 0.854. The molecule has 2 aromatic rings. The van der Waals surface area contributed by atoms with E-state index in [2.05, 4.69) is 22.3 Å². The van der Waals surface area contributed by atoms with E-state index in [1.807, 2.05) is 39.2 Å². The molecular weight excluding hydrogens is 364 g/mol. The summed E-state index contributed by atoms with van der Waals surface area (Å²) in [6, 6.07) is 13.4. The highest BCUT2D eigenvalue weighted by molar-refractivity contribution is 6.32. The molecule has 0 spiro atoms. The number of carbonyl (C=O) groups excluding carboxylic acids is 1. The second-order valence-corrected chi connectivity index (χ2v) is 6.85. The number of halogens is 1. The fraction of sp³-hybridized carbons (Fsp3) is 0.381. The van der Waals surface area contributed by atoms with Gasteiger partial charge in [-0.2, -0.15) is 0 Å². The molecule has 0 aliphatic rings. The SMILES string of the molecule is CCCOc1c(Cl)cc(C(=O)NCC(c2ccccc2)N(C)C)cc1OC. The van der Waals surface area contributed by atoms with E-state index in [0.29, 0.717) is 35.2 Å². The summed E-state index contributed by atoms with van der Waals surface area (Å²) < 4.78 is 11.0. The van der Waals surface area contributed by atoms with Crippen molar-refractivity contribution in [3.05, 3.63) is 58.6 Å². The second kappa shape index (κ2) is 10.2. The highest BCUT2D eigenvalue weighted by Crippen LogP contribution is 2.36. The number of hydrogen-bond donors (Lipinski definition) is 1. The Hall–Kier alpha value is -2.24. The fourth-order valence-corrected chi connectivity index (χ4v) is 3.03. The van der Waals surface area contributed by atoms with Crippen molar-refractivity contribution in [3.63, 3.8) is 0 Å². The predicted molar refractivity (Wildman–Crippen MR) is 109 cm³/mol. The van der Waals surface area contributed by atoms with Crippen molar-refractivity contribution >= 4 is 17.5 Å². The van der Waals surface area contributed by atoms with Crippen molar-refractivity contribution in [3.8, 4) is 11.5 Å². The maximum Gasteiger partial charge on any atom is 0.251 e. The molecule has 146 valence electrons. The first kappa shape index (κ1) is 21.1. The van der Waals surface area contributed by atoms with E-state index in [4.69, 9.17) is 21.1 Å². The summed E-state index contributed by atoms with van der Waals surface area (Å²) in [4.78, 5) is 14.7. The average molecular weight is 391 g/mol. The van der Waals surface area contributed by atoms with Gasteiger partial charge >= 0.3 is 0 Å². The van der Waals surface area contributed by atoms with Crippen molar-refractivity contribution in [2.75, 3.05) is 34.4 Å². The molecule has 0 fully saturated rings. The van der Waals surface area contributed by atoms with E-state index in [-0.39, 0.29) is 11.9 Å². The summed E-state index contributed by atoms with van der Waals surface area (Å²) in [7, 11) is 5.51. The smallest absolute Gasteiger partial charge is 0.251 e. The standard InChI is InChI=1S/C21H27ClN2O3/c1-5-11-27-20-17(22)12-16(13-19(20)26-4)21(25)23-14-18(24(2)3)15-9-7-6-8-10-15/h6-10,12-13,18H,5,11,14H2,1-4H3,(H,23,25). The molecule has 0 radical (unpaired) electrons. The van der Waals surface area contributed by atoms with Crippen LogP contribution in [0.2, 0.25) is 5.02 Å². The van der Waals surface area contributed by atoms with Gasteiger partial charge in [-0.1, -0.05) is 48.9 Å². The first-order valence-corrected chi connectivity index (χ1v) is 9.35. The van der Waals surface area contributed by atoms with Gasteiger partial charge in [-0.05, 0) is 38.2 Å². The Morgan fingerprint density at radius 2 is 1.93 bits per heavy atom. The second-order valence-electron chi connectivity index (χ2n) is 6.44. The summed E-state index contributed by atoms with van der Waals surface area (Å²) >= 11 is 6.31. The fourth-order valence-electron chi connectivity index (χ4n) is 2.76. The molecule has 1 atom stereocenters. The number of ether oxygens (including phenoxy) is 2. The van der Waals surface area contributed by atoms with E-state index >= 15 is 0 Å². The van der Waals surface area contributed by atoms with Gasteiger partial charge in [0, 0.05) is 12.1 Å². The minimum Gasteiger partial charge on any atom is -0.493 e. The van der Waals surface area contributed by atoms with E-state index < -0.39 is 0 Å². The average Bonchev–Trinajstić information content (AvgIpc) is 2.67. The molecule has 0 bridgehead atoms. The molecule has 0 saturated heterocycles. The Morgan fingerprint density at radius 3 is 2.52 bits per heavy atom. The van der Waals surface area contributed by atoms with Crippen molar-refractivity contribution in [2.24, 2.45) is 0 Å². The molecule has 0 heterocycles. The van der Waals surface area contributed by atoms with Crippen LogP contribution in [0.15, 0.2) is 42.5 Å². The summed E-state index contributed by atoms with van der Waals surface area (Å²) in [6.45, 7) is 3.02. The lowest BCUT2D eigenvalue weighted by atomic mass is 10.1. The van der Waals surface area contributed by atoms with Gasteiger partial charge in [0.2, 0.25) is 0 Å². The van der Waals surface area contributed by atoms with Crippen LogP contribution in [-0.4, -0.2) is 45.2 Å². The first-order valence-electron chi connectivity index (χ1n) is 8.97. The molecule has 27 heavy (non-hydrogen) atoms. The molecule has 2 aromatic carbocycles. The van der Waals surface area contributed by atoms with Crippen LogP contribution in [-0.2, 0) is 0 Å². The molecule has 0 saturated carbocycles. The number of amides is 1. The summed E-state index contributed by atoms with van der Waals surface area (Å²) in [5, 5.41) is 3.35. The molecule has 6 heteroatoms. The zero-order valence-corrected chi connectivity index (χ0v) is 17.0. The Bertz CT molecular complexity index is 751. The third-order valence-electron chi connectivity index (χ3n) is 4.21. The lowest BCUT2D eigenvalue weighted by molar-refractivity contribution is 0.0941. The number of likely N-dealkylation sites (N-methyl/N-ethyl adjacent to an activating group) is 1.